The van der Waals surface area contributed by atoms with E-state index in [0.717, 1.165) is 24.8 Å². The molecule has 1 aromatic carbocycles. The first kappa shape index (κ1) is 17.9. The summed E-state index contributed by atoms with van der Waals surface area (Å²) in [5, 5.41) is 0. The van der Waals surface area contributed by atoms with Crippen molar-refractivity contribution in [2.45, 2.75) is 57.7 Å². The van der Waals surface area contributed by atoms with Gasteiger partial charge in [0.25, 0.3) is 0 Å². The molecule has 2 aliphatic heterocycles. The lowest BCUT2D eigenvalue weighted by Crippen LogP contribution is -2.57. The molecule has 2 heterocycles. The number of nitrogens with zero attached hydrogens (tertiary/aromatic N) is 1. The van der Waals surface area contributed by atoms with E-state index in [1.165, 1.54) is 17.7 Å². The van der Waals surface area contributed by atoms with Crippen LogP contribution in [0.2, 0.25) is 0 Å². The molecule has 2 bridgehead atoms. The highest BCUT2D eigenvalue weighted by molar-refractivity contribution is 5.70. The first-order chi connectivity index (χ1) is 11.8. The van der Waals surface area contributed by atoms with Crippen LogP contribution in [0.1, 0.15) is 39.2 Å². The van der Waals surface area contributed by atoms with Crippen molar-refractivity contribution in [3.05, 3.63) is 47.3 Å². The number of hydrogen-bond acceptors (Lipinski definition) is 3. The van der Waals surface area contributed by atoms with Gasteiger partial charge in [-0.2, -0.15) is 0 Å². The first-order valence-electron chi connectivity index (χ1n) is 8.85. The average Bonchev–Trinajstić information content (AvgIpc) is 2.51. The minimum atomic E-state index is -0.501. The van der Waals surface area contributed by atoms with Gasteiger partial charge in [0.15, 0.2) is 0 Å². The minimum Gasteiger partial charge on any atom is -0.444 e. The third-order valence-electron chi connectivity index (χ3n) is 4.53. The van der Waals surface area contributed by atoms with Crippen molar-refractivity contribution in [1.29, 1.82) is 0 Å². The number of amides is 1. The topological polar surface area (TPSA) is 38.8 Å². The van der Waals surface area contributed by atoms with Crippen LogP contribution in [0, 0.1) is 5.82 Å². The van der Waals surface area contributed by atoms with Crippen molar-refractivity contribution in [2.75, 3.05) is 13.2 Å². The van der Waals surface area contributed by atoms with Crippen molar-refractivity contribution < 1.29 is 18.7 Å². The van der Waals surface area contributed by atoms with Crippen LogP contribution in [0.5, 0.6) is 0 Å². The average molecular weight is 347 g/mol. The van der Waals surface area contributed by atoms with Crippen molar-refractivity contribution in [2.24, 2.45) is 0 Å². The fourth-order valence-corrected chi connectivity index (χ4v) is 3.43. The van der Waals surface area contributed by atoms with Gasteiger partial charge in [0, 0.05) is 0 Å². The van der Waals surface area contributed by atoms with Gasteiger partial charge in [0.2, 0.25) is 0 Å². The maximum absolute atomic E-state index is 13.0. The predicted molar refractivity (Wildman–Crippen MR) is 93.9 cm³/mol. The number of rotatable bonds is 3. The lowest BCUT2D eigenvalue weighted by molar-refractivity contribution is -0.0537. The molecule has 0 spiro atoms. The zero-order valence-corrected chi connectivity index (χ0v) is 15.1. The van der Waals surface area contributed by atoms with Crippen LogP contribution in [0.15, 0.2) is 35.9 Å². The molecule has 1 amide bonds. The molecule has 0 N–H and O–H groups in total. The number of morpholine rings is 1. The Morgan fingerprint density at radius 2 is 1.96 bits per heavy atom. The third-order valence-corrected chi connectivity index (χ3v) is 4.53. The van der Waals surface area contributed by atoms with Gasteiger partial charge in [-0.15, -0.1) is 0 Å². The highest BCUT2D eigenvalue weighted by atomic mass is 19.1. The lowest BCUT2D eigenvalue weighted by atomic mass is 9.91. The molecule has 0 radical (unpaired) electrons. The Hall–Kier alpha value is -1.88. The molecule has 0 saturated carbocycles. The van der Waals surface area contributed by atoms with E-state index in [0.29, 0.717) is 13.2 Å². The Kier molecular flexibility index (Phi) is 5.13. The number of ether oxygens (including phenoxy) is 2. The number of carbonyl (C=O) groups is 1. The minimum absolute atomic E-state index is 0.0295. The summed E-state index contributed by atoms with van der Waals surface area (Å²) in [5.74, 6) is -0.208. The summed E-state index contributed by atoms with van der Waals surface area (Å²) >= 11 is 0. The largest absolute Gasteiger partial charge is 0.444 e. The van der Waals surface area contributed by atoms with Gasteiger partial charge < -0.3 is 9.47 Å². The monoisotopic (exact) mass is 347 g/mol. The smallest absolute Gasteiger partial charge is 0.411 e. The number of halogens is 1. The molecule has 2 unspecified atom stereocenters. The summed E-state index contributed by atoms with van der Waals surface area (Å²) in [6.45, 7) is 6.70. The molecule has 1 fully saturated rings. The van der Waals surface area contributed by atoms with Gasteiger partial charge in [0.1, 0.15) is 11.4 Å². The summed E-state index contributed by atoms with van der Waals surface area (Å²) in [5.41, 5.74) is 1.96. The number of carbonyl (C=O) groups excluding carboxylic acids is 1. The molecule has 136 valence electrons. The van der Waals surface area contributed by atoms with Crippen LogP contribution < -0.4 is 0 Å². The predicted octanol–water partition coefficient (Wildman–Crippen LogP) is 4.09. The Labute approximate surface area is 148 Å². The Morgan fingerprint density at radius 3 is 2.60 bits per heavy atom. The van der Waals surface area contributed by atoms with Crippen LogP contribution in [0.3, 0.4) is 0 Å². The van der Waals surface area contributed by atoms with E-state index in [1.807, 2.05) is 37.8 Å². The molecule has 0 aromatic heterocycles. The standard InChI is InChI=1S/C20H26FNO3/c1-20(2,3)25-19(23)22-17-10-15(11-18(22)13-24-12-17)5-4-14-6-8-16(21)9-7-14/h6-10,17-18H,4-5,11-13H2,1-3H3. The Bertz CT molecular complexity index is 648. The third kappa shape index (κ3) is 4.60. The van der Waals surface area contributed by atoms with Gasteiger partial charge in [-0.3, -0.25) is 4.90 Å². The molecule has 0 aliphatic carbocycles. The summed E-state index contributed by atoms with van der Waals surface area (Å²) in [6.07, 6.45) is 4.47. The van der Waals surface area contributed by atoms with Crippen molar-refractivity contribution in [3.63, 3.8) is 0 Å². The highest BCUT2D eigenvalue weighted by Crippen LogP contribution is 2.30. The summed E-state index contributed by atoms with van der Waals surface area (Å²) in [4.78, 5) is 14.4. The summed E-state index contributed by atoms with van der Waals surface area (Å²) in [6, 6.07) is 6.62. The molecule has 2 atom stereocenters. The van der Waals surface area contributed by atoms with Crippen molar-refractivity contribution in [1.82, 2.24) is 4.90 Å². The maximum Gasteiger partial charge on any atom is 0.411 e. The normalized spacial score (nSPS) is 23.2. The molecular formula is C20H26FNO3. The second-order valence-electron chi connectivity index (χ2n) is 7.80. The van der Waals surface area contributed by atoms with Gasteiger partial charge >= 0.3 is 6.09 Å². The van der Waals surface area contributed by atoms with Gasteiger partial charge in [-0.05, 0) is 57.7 Å². The molecule has 1 aromatic rings. The fourth-order valence-electron chi connectivity index (χ4n) is 3.43. The van der Waals surface area contributed by atoms with E-state index in [9.17, 15) is 9.18 Å². The van der Waals surface area contributed by atoms with E-state index in [2.05, 4.69) is 6.08 Å². The SMILES string of the molecule is CC(C)(C)OC(=O)N1C2C=C(CCc3ccc(F)cc3)CC1COC2. The van der Waals surface area contributed by atoms with Gasteiger partial charge in [-0.25, -0.2) is 9.18 Å². The first-order valence-corrected chi connectivity index (χ1v) is 8.85. The zero-order chi connectivity index (χ0) is 18.0. The molecule has 3 rings (SSSR count). The highest BCUT2D eigenvalue weighted by Gasteiger charge is 2.39. The van der Waals surface area contributed by atoms with E-state index in [1.54, 1.807) is 0 Å². The molecular weight excluding hydrogens is 321 g/mol. The lowest BCUT2D eigenvalue weighted by Gasteiger charge is -2.44. The van der Waals surface area contributed by atoms with Crippen molar-refractivity contribution >= 4 is 6.09 Å². The van der Waals surface area contributed by atoms with E-state index >= 15 is 0 Å². The Morgan fingerprint density at radius 1 is 1.24 bits per heavy atom. The van der Waals surface area contributed by atoms with E-state index in [4.69, 9.17) is 9.47 Å². The molecule has 5 heteroatoms. The van der Waals surface area contributed by atoms with E-state index in [-0.39, 0.29) is 24.0 Å². The molecule has 1 saturated heterocycles. The number of fused-ring (bicyclic) bond motifs is 2. The van der Waals surface area contributed by atoms with Crippen LogP contribution >= 0.6 is 0 Å². The van der Waals surface area contributed by atoms with Gasteiger partial charge in [-0.1, -0.05) is 23.8 Å². The van der Waals surface area contributed by atoms with Crippen LogP contribution in [0.25, 0.3) is 0 Å². The fraction of sp³-hybridized carbons (Fsp3) is 0.550. The summed E-state index contributed by atoms with van der Waals surface area (Å²) in [7, 11) is 0. The number of aryl methyl sites for hydroxylation is 1. The molecule has 2 aliphatic rings. The van der Waals surface area contributed by atoms with Crippen molar-refractivity contribution in [3.8, 4) is 0 Å². The van der Waals surface area contributed by atoms with Crippen LogP contribution in [-0.4, -0.2) is 41.9 Å². The van der Waals surface area contributed by atoms with Crippen LogP contribution in [0.4, 0.5) is 9.18 Å². The summed E-state index contributed by atoms with van der Waals surface area (Å²) < 4.78 is 24.2. The molecule has 25 heavy (non-hydrogen) atoms. The van der Waals surface area contributed by atoms with Gasteiger partial charge in [0.05, 0.1) is 25.3 Å². The second-order valence-corrected chi connectivity index (χ2v) is 7.80. The number of hydrogen-bond donors (Lipinski definition) is 0. The number of benzene rings is 1. The second kappa shape index (κ2) is 7.16. The zero-order valence-electron chi connectivity index (χ0n) is 15.1. The molecule has 4 nitrogen and oxygen atoms in total. The quantitative estimate of drug-likeness (QED) is 0.773. The Balaban J connectivity index is 1.66. The maximum atomic E-state index is 13.0. The van der Waals surface area contributed by atoms with E-state index < -0.39 is 5.60 Å². The van der Waals surface area contributed by atoms with Crippen LogP contribution in [-0.2, 0) is 15.9 Å².